The second kappa shape index (κ2) is 6.81. The van der Waals surface area contributed by atoms with Crippen molar-refractivity contribution in [2.45, 2.75) is 46.1 Å². The maximum Gasteiger partial charge on any atom is 0.271 e. The molecule has 0 fully saturated rings. The summed E-state index contributed by atoms with van der Waals surface area (Å²) < 4.78 is 0. The Hall–Kier alpha value is -2.37. The monoisotopic (exact) mass is 317 g/mol. The van der Waals surface area contributed by atoms with Crippen LogP contribution in [0.2, 0.25) is 0 Å². The van der Waals surface area contributed by atoms with E-state index in [0.29, 0.717) is 30.1 Å². The number of hydrogen-bond acceptors (Lipinski definition) is 4. The van der Waals surface area contributed by atoms with Crippen LogP contribution in [0.15, 0.2) is 29.4 Å². The molecule has 23 heavy (non-hydrogen) atoms. The van der Waals surface area contributed by atoms with Crippen LogP contribution in [0.1, 0.15) is 40.5 Å². The molecule has 0 saturated carbocycles. The minimum Gasteiger partial charge on any atom is -0.379 e. The Morgan fingerprint density at radius 1 is 1.22 bits per heavy atom. The number of rotatable bonds is 5. The molecule has 0 aromatic heterocycles. The predicted molar refractivity (Wildman–Crippen MR) is 90.4 cm³/mol. The number of anilines is 2. The van der Waals surface area contributed by atoms with Crippen molar-refractivity contribution < 1.29 is 14.4 Å². The van der Waals surface area contributed by atoms with Gasteiger partial charge in [0.25, 0.3) is 5.91 Å². The van der Waals surface area contributed by atoms with Crippen molar-refractivity contribution >= 4 is 28.9 Å². The zero-order chi connectivity index (χ0) is 17.0. The normalized spacial score (nSPS) is 20.0. The molecule has 6 heteroatoms. The fourth-order valence-corrected chi connectivity index (χ4v) is 2.34. The van der Waals surface area contributed by atoms with Crippen LogP contribution in [0, 0.1) is 5.92 Å². The highest BCUT2D eigenvalue weighted by molar-refractivity contribution is 6.01. The summed E-state index contributed by atoms with van der Waals surface area (Å²) in [5.41, 5.74) is 1.18. The average Bonchev–Trinajstić information content (AvgIpc) is 2.81. The van der Waals surface area contributed by atoms with Crippen molar-refractivity contribution in [1.29, 1.82) is 0 Å². The number of benzene rings is 1. The summed E-state index contributed by atoms with van der Waals surface area (Å²) in [4.78, 5) is 29.2. The van der Waals surface area contributed by atoms with Gasteiger partial charge in [0, 0.05) is 24.2 Å². The molecule has 0 radical (unpaired) electrons. The topological polar surface area (TPSA) is 79.8 Å². The van der Waals surface area contributed by atoms with Crippen molar-refractivity contribution in [1.82, 2.24) is 0 Å². The largest absolute Gasteiger partial charge is 0.379 e. The molecule has 6 nitrogen and oxygen atoms in total. The Balaban J connectivity index is 1.92. The lowest BCUT2D eigenvalue weighted by atomic mass is 9.99. The summed E-state index contributed by atoms with van der Waals surface area (Å²) in [6, 6.07) is 7.00. The second-order valence-corrected chi connectivity index (χ2v) is 6.50. The molecule has 1 aliphatic heterocycles. The summed E-state index contributed by atoms with van der Waals surface area (Å²) >= 11 is 0. The summed E-state index contributed by atoms with van der Waals surface area (Å²) in [5, 5.41) is 9.47. The molecule has 0 bridgehead atoms. The van der Waals surface area contributed by atoms with Crippen molar-refractivity contribution in [2.75, 3.05) is 10.6 Å². The molecule has 2 N–H and O–H groups in total. The van der Waals surface area contributed by atoms with E-state index in [-0.39, 0.29) is 11.8 Å². The van der Waals surface area contributed by atoms with E-state index in [1.807, 2.05) is 20.8 Å². The van der Waals surface area contributed by atoms with Crippen LogP contribution < -0.4 is 10.6 Å². The summed E-state index contributed by atoms with van der Waals surface area (Å²) in [5.74, 6) is 0.0531. The number of carbonyl (C=O) groups excluding carboxylic acids is 2. The van der Waals surface area contributed by atoms with Gasteiger partial charge in [-0.25, -0.2) is 0 Å². The Morgan fingerprint density at radius 3 is 2.26 bits per heavy atom. The first kappa shape index (κ1) is 17.0. The third-order valence-electron chi connectivity index (χ3n) is 3.50. The van der Waals surface area contributed by atoms with Crippen molar-refractivity contribution in [3.8, 4) is 0 Å². The van der Waals surface area contributed by atoms with E-state index in [2.05, 4.69) is 15.8 Å². The zero-order valence-corrected chi connectivity index (χ0v) is 14.0. The van der Waals surface area contributed by atoms with E-state index < -0.39 is 5.60 Å². The molecule has 1 unspecified atom stereocenters. The van der Waals surface area contributed by atoms with Gasteiger partial charge in [-0.2, -0.15) is 0 Å². The van der Waals surface area contributed by atoms with E-state index in [4.69, 9.17) is 4.84 Å². The van der Waals surface area contributed by atoms with E-state index in [0.717, 1.165) is 5.71 Å². The van der Waals surface area contributed by atoms with Crippen LogP contribution in [0.3, 0.4) is 0 Å². The van der Waals surface area contributed by atoms with Gasteiger partial charge in [-0.3, -0.25) is 9.59 Å². The third kappa shape index (κ3) is 4.55. The van der Waals surface area contributed by atoms with Gasteiger partial charge in [0.05, 0.1) is 5.71 Å². The SMILES string of the molecule is CC1=NOC(C)(C(=O)Nc2ccc(NC(=O)CC(C)C)cc2)C1. The molecular formula is C17H23N3O3. The maximum absolute atomic E-state index is 12.3. The highest BCUT2D eigenvalue weighted by Crippen LogP contribution is 2.25. The highest BCUT2D eigenvalue weighted by Gasteiger charge is 2.40. The minimum atomic E-state index is -0.964. The number of nitrogens with one attached hydrogen (secondary N) is 2. The highest BCUT2D eigenvalue weighted by atomic mass is 16.7. The molecule has 124 valence electrons. The van der Waals surface area contributed by atoms with Gasteiger partial charge in [-0.05, 0) is 44.0 Å². The maximum atomic E-state index is 12.3. The van der Waals surface area contributed by atoms with Crippen LogP contribution >= 0.6 is 0 Å². The van der Waals surface area contributed by atoms with Crippen LogP contribution in [0.5, 0.6) is 0 Å². The lowest BCUT2D eigenvalue weighted by Crippen LogP contribution is -2.40. The van der Waals surface area contributed by atoms with Crippen molar-refractivity contribution in [3.63, 3.8) is 0 Å². The first-order chi connectivity index (χ1) is 10.8. The van der Waals surface area contributed by atoms with Gasteiger partial charge in [0.1, 0.15) is 0 Å². The van der Waals surface area contributed by atoms with E-state index in [1.165, 1.54) is 0 Å². The van der Waals surface area contributed by atoms with Gasteiger partial charge < -0.3 is 15.5 Å². The lowest BCUT2D eigenvalue weighted by Gasteiger charge is -2.20. The lowest BCUT2D eigenvalue weighted by molar-refractivity contribution is -0.135. The predicted octanol–water partition coefficient (Wildman–Crippen LogP) is 3.16. The average molecular weight is 317 g/mol. The molecule has 1 aromatic rings. The van der Waals surface area contributed by atoms with Gasteiger partial charge in [-0.1, -0.05) is 19.0 Å². The first-order valence-electron chi connectivity index (χ1n) is 7.71. The number of carbonyl (C=O) groups is 2. The molecule has 0 saturated heterocycles. The number of amides is 2. The van der Waals surface area contributed by atoms with Crippen molar-refractivity contribution in [3.05, 3.63) is 24.3 Å². The molecule has 0 spiro atoms. The zero-order valence-electron chi connectivity index (χ0n) is 14.0. The number of oxime groups is 1. The van der Waals surface area contributed by atoms with Crippen LogP contribution in [-0.4, -0.2) is 23.1 Å². The van der Waals surface area contributed by atoms with E-state index in [9.17, 15) is 9.59 Å². The fraction of sp³-hybridized carbons (Fsp3) is 0.471. The molecule has 2 amide bonds. The Labute approximate surface area is 136 Å². The molecular weight excluding hydrogens is 294 g/mol. The van der Waals surface area contributed by atoms with Crippen LogP contribution in [-0.2, 0) is 14.4 Å². The van der Waals surface area contributed by atoms with Crippen LogP contribution in [0.4, 0.5) is 11.4 Å². The summed E-state index contributed by atoms with van der Waals surface area (Å²) in [6.07, 6.45) is 0.954. The summed E-state index contributed by atoms with van der Waals surface area (Å²) in [6.45, 7) is 7.53. The number of nitrogens with zero attached hydrogens (tertiary/aromatic N) is 1. The van der Waals surface area contributed by atoms with Gasteiger partial charge in [-0.15, -0.1) is 0 Å². The van der Waals surface area contributed by atoms with Crippen molar-refractivity contribution in [2.24, 2.45) is 11.1 Å². The summed E-state index contributed by atoms with van der Waals surface area (Å²) in [7, 11) is 0. The standard InChI is InChI=1S/C17H23N3O3/c1-11(2)9-15(21)18-13-5-7-14(8-6-13)19-16(22)17(4)10-12(3)20-23-17/h5-8,11H,9-10H2,1-4H3,(H,18,21)(H,19,22). The van der Waals surface area contributed by atoms with Gasteiger partial charge in [0.2, 0.25) is 11.5 Å². The van der Waals surface area contributed by atoms with E-state index >= 15 is 0 Å². The Morgan fingerprint density at radius 2 is 1.78 bits per heavy atom. The van der Waals surface area contributed by atoms with Crippen LogP contribution in [0.25, 0.3) is 0 Å². The smallest absolute Gasteiger partial charge is 0.271 e. The quantitative estimate of drug-likeness (QED) is 0.875. The third-order valence-corrected chi connectivity index (χ3v) is 3.50. The molecule has 0 aliphatic carbocycles. The first-order valence-corrected chi connectivity index (χ1v) is 7.71. The molecule has 2 rings (SSSR count). The van der Waals surface area contributed by atoms with E-state index in [1.54, 1.807) is 31.2 Å². The minimum absolute atomic E-state index is 0.0173. The molecule has 1 aromatic carbocycles. The Bertz CT molecular complexity index is 622. The number of hydrogen-bond donors (Lipinski definition) is 2. The van der Waals surface area contributed by atoms with Gasteiger partial charge in [0.15, 0.2) is 0 Å². The molecule has 1 aliphatic rings. The molecule has 1 atom stereocenters. The van der Waals surface area contributed by atoms with Gasteiger partial charge >= 0.3 is 0 Å². The second-order valence-electron chi connectivity index (χ2n) is 6.50. The Kier molecular flexibility index (Phi) is 5.03. The molecule has 1 heterocycles. The fourth-order valence-electron chi connectivity index (χ4n) is 2.34.